The third-order valence-electron chi connectivity index (χ3n) is 29.1. The van der Waals surface area contributed by atoms with Gasteiger partial charge in [-0.3, -0.25) is 19.2 Å². The number of ether oxygens (including phenoxy) is 4. The van der Waals surface area contributed by atoms with Gasteiger partial charge in [-0.25, -0.2) is 39.9 Å². The summed E-state index contributed by atoms with van der Waals surface area (Å²) in [5.41, 5.74) is 7.84. The maximum atomic E-state index is 13.3. The standard InChI is InChI=1S/C128H172N12O8.Cu/c1-5-9-13-17-21-25-29-33-37-41-45-49-53-57-61-65-117(141)129-97-69-77-101(78-70-97)145-105-85-89-109-113(93-105)125-133-121(109)138-126-115-95-107(147-103-81-73-99(74-82-103)131-119(143)67-63-59-55-51-47-43-39-35-31-27-23-19-15-11-7-3)87-91-111(115)123(135-126)140-128-116-96-108(148-104-83-75-100(76-84-104)132-120(144)68-64-60-56-52-48-44-40-36-32-28-24-20-16-12-8-4)88-92-112(116)124(136-128)139-127-114-94-106(86-90-110(114)122(134-127)137-125)146-102-79-71-98(72-80-102)130-118(142)66-62-58-54-50-46-42-38-34-30-26-22-18-14-10-6-2;/h69-96H,5-68H2,1-4H3,(H,129,141)(H,130,142)(H,131,143)(H,132,144);. The van der Waals surface area contributed by atoms with Gasteiger partial charge in [-0.1, -0.05) is 387 Å². The van der Waals surface area contributed by atoms with Crippen LogP contribution in [0.3, 0.4) is 0 Å². The van der Waals surface area contributed by atoms with Crippen LogP contribution in [0.4, 0.5) is 22.7 Å². The number of rotatable bonds is 76. The van der Waals surface area contributed by atoms with E-state index in [9.17, 15) is 19.2 Å². The average molecular weight is 2070 g/mol. The SMILES string of the molecule is CCCCCCCCCCCCCCCCCC(=O)Nc1ccc(Oc2ccc3c(c2)C2=NC3=NC3=NC(=NC4=NC(=NC5=NC(=N2)c2ccc(Oc6ccc(NC(=O)CCCCCCCCCCCCCCCCC)cc6)cc25)c2ccc(Oc5ccc(NC(=O)CCCCCCCCCCCCCCCCC)cc5)cc24)c2ccc(Oc4ccc(NC(=O)CCCCCCCCCCCCCCCCC)cc4)cc23)cc1.[Cu]. The Balaban J connectivity index is 0.0000197. The minimum Gasteiger partial charge on any atom is -0.457 e. The van der Waals surface area contributed by atoms with Crippen molar-refractivity contribution in [2.75, 3.05) is 21.3 Å². The molecule has 8 bridgehead atoms. The van der Waals surface area contributed by atoms with E-state index in [4.69, 9.17) is 58.9 Å². The predicted molar refractivity (Wildman–Crippen MR) is 617 cm³/mol. The number of benzene rings is 8. The number of anilines is 4. The second-order valence-corrected chi connectivity index (χ2v) is 41.8. The topological polar surface area (TPSA) is 252 Å². The molecule has 1 radical (unpaired) electrons. The zero-order valence-corrected chi connectivity index (χ0v) is 91.5. The molecule has 0 saturated carbocycles. The van der Waals surface area contributed by atoms with Gasteiger partial charge in [0.1, 0.15) is 46.0 Å². The third kappa shape index (κ3) is 41.4. The largest absolute Gasteiger partial charge is 0.457 e. The first kappa shape index (κ1) is 116. The first-order valence-corrected chi connectivity index (χ1v) is 58.5. The van der Waals surface area contributed by atoms with E-state index in [2.05, 4.69) is 49.0 Å². The first-order chi connectivity index (χ1) is 72.9. The number of nitrogens with one attached hydrogen (secondary N) is 4. The van der Waals surface area contributed by atoms with Crippen molar-refractivity contribution in [2.24, 2.45) is 39.9 Å². The van der Waals surface area contributed by atoms with Gasteiger partial charge in [0.05, 0.1) is 0 Å². The third-order valence-corrected chi connectivity index (χ3v) is 29.1. The van der Waals surface area contributed by atoms with Crippen molar-refractivity contribution < 1.29 is 55.2 Å². The molecule has 8 aromatic rings. The molecule has 0 unspecified atom stereocenters. The number of hydrogen-bond donors (Lipinski definition) is 4. The van der Waals surface area contributed by atoms with Crippen molar-refractivity contribution >= 4 is 93.1 Å². The molecule has 0 aromatic heterocycles. The molecule has 0 saturated heterocycles. The van der Waals surface area contributed by atoms with Gasteiger partial charge >= 0.3 is 0 Å². The fraction of sp³-hybridized carbons (Fsp3) is 0.531. The van der Waals surface area contributed by atoms with Crippen LogP contribution in [0.1, 0.15) is 483 Å². The number of carbonyl (C=O) groups is 4. The van der Waals surface area contributed by atoms with E-state index < -0.39 is 0 Å². The van der Waals surface area contributed by atoms with Crippen LogP contribution in [0.5, 0.6) is 46.0 Å². The molecule has 20 nitrogen and oxygen atoms in total. The van der Waals surface area contributed by atoms with Crippen molar-refractivity contribution in [3.8, 4) is 46.0 Å². The molecule has 0 aliphatic carbocycles. The second-order valence-electron chi connectivity index (χ2n) is 41.8. The Kier molecular flexibility index (Phi) is 53.0. The average Bonchev–Trinajstić information content (AvgIpc) is 1.59. The molecule has 0 spiro atoms. The zero-order chi connectivity index (χ0) is 103. The van der Waals surface area contributed by atoms with Crippen molar-refractivity contribution in [1.29, 1.82) is 0 Å². The van der Waals surface area contributed by atoms with Crippen LogP contribution < -0.4 is 40.2 Å². The number of amides is 4. The Bertz CT molecular complexity index is 4990. The molecule has 5 heterocycles. The fourth-order valence-corrected chi connectivity index (χ4v) is 20.3. The second kappa shape index (κ2) is 67.8. The summed E-state index contributed by atoms with van der Waals surface area (Å²) in [6, 6.07) is 52.6. The summed E-state index contributed by atoms with van der Waals surface area (Å²) in [6.45, 7) is 9.11. The van der Waals surface area contributed by atoms with Crippen LogP contribution in [0.15, 0.2) is 210 Å². The van der Waals surface area contributed by atoms with Gasteiger partial charge in [0.25, 0.3) is 0 Å². The summed E-state index contributed by atoms with van der Waals surface area (Å²) in [5.74, 6) is 6.73. The van der Waals surface area contributed by atoms with Crippen LogP contribution in [-0.2, 0) is 36.2 Å². The summed E-state index contributed by atoms with van der Waals surface area (Å²) in [7, 11) is 0. The molecule has 4 N–H and O–H groups in total. The Morgan fingerprint density at radius 2 is 0.295 bits per heavy atom. The van der Waals surface area contributed by atoms with Gasteiger partial charge in [-0.05, 0) is 196 Å². The van der Waals surface area contributed by atoms with Gasteiger partial charge in [0.2, 0.25) is 23.6 Å². The summed E-state index contributed by atoms with van der Waals surface area (Å²) < 4.78 is 26.7. The van der Waals surface area contributed by atoms with Crippen LogP contribution in [0, 0.1) is 0 Å². The molecule has 0 fully saturated rings. The number of amidine groups is 8. The molecule has 8 aromatic carbocycles. The summed E-state index contributed by atoms with van der Waals surface area (Å²) in [4.78, 5) is 95.9. The zero-order valence-electron chi connectivity index (χ0n) is 90.6. The molecule has 5 aliphatic rings. The Hall–Kier alpha value is -11.3. The van der Waals surface area contributed by atoms with E-state index in [-0.39, 0.29) is 40.7 Å². The van der Waals surface area contributed by atoms with E-state index in [1.165, 1.54) is 308 Å². The number of carbonyl (C=O) groups excluding carboxylic acids is 4. The normalized spacial score (nSPS) is 12.9. The molecule has 803 valence electrons. The van der Waals surface area contributed by atoms with Crippen LogP contribution in [-0.4, -0.2) is 70.3 Å². The number of nitrogens with zero attached hydrogens (tertiary/aromatic N) is 8. The van der Waals surface area contributed by atoms with E-state index in [1.807, 2.05) is 170 Å². The van der Waals surface area contributed by atoms with Crippen LogP contribution in [0.25, 0.3) is 0 Å². The van der Waals surface area contributed by atoms with Gasteiger partial charge in [-0.15, -0.1) is 0 Å². The molecular weight excluding hydrogens is 1900 g/mol. The van der Waals surface area contributed by atoms with Gasteiger partial charge < -0.3 is 40.2 Å². The number of hydrogen-bond acceptors (Lipinski definition) is 16. The van der Waals surface area contributed by atoms with Crippen molar-refractivity contribution in [3.63, 3.8) is 0 Å². The molecule has 4 amide bonds. The Labute approximate surface area is 902 Å². The predicted octanol–water partition coefficient (Wildman–Crippen LogP) is 36.8. The van der Waals surface area contributed by atoms with Gasteiger partial charge in [-0.2, -0.15) is 0 Å². The fourth-order valence-electron chi connectivity index (χ4n) is 20.3. The summed E-state index contributed by atoms with van der Waals surface area (Å²) in [5, 5.41) is 12.4. The molecular formula is C128H172CuN12O8. The number of unbranched alkanes of at least 4 members (excludes halogenated alkanes) is 56. The summed E-state index contributed by atoms with van der Waals surface area (Å²) in [6.07, 6.45) is 78.1. The van der Waals surface area contributed by atoms with Crippen molar-refractivity contribution in [2.45, 2.75) is 439 Å². The van der Waals surface area contributed by atoms with Crippen molar-refractivity contribution in [1.82, 2.24) is 0 Å². The molecule has 21 heteroatoms. The van der Waals surface area contributed by atoms with Gasteiger partial charge in [0.15, 0.2) is 46.7 Å². The van der Waals surface area contributed by atoms with E-state index in [0.717, 1.165) is 77.0 Å². The quantitative estimate of drug-likeness (QED) is 0.0210. The first-order valence-electron chi connectivity index (χ1n) is 58.5. The number of aliphatic imine (C=N–C) groups is 8. The Morgan fingerprint density at radius 1 is 0.168 bits per heavy atom. The maximum Gasteiger partial charge on any atom is 0.224 e. The molecule has 149 heavy (non-hydrogen) atoms. The van der Waals surface area contributed by atoms with E-state index >= 15 is 0 Å². The molecule has 0 atom stereocenters. The minimum atomic E-state index is -0.00308. The van der Waals surface area contributed by atoms with Crippen LogP contribution >= 0.6 is 0 Å². The number of fused-ring (bicyclic) bond motifs is 16. The maximum absolute atomic E-state index is 13.3. The smallest absolute Gasteiger partial charge is 0.224 e. The molecule has 13 rings (SSSR count). The van der Waals surface area contributed by atoms with E-state index in [1.54, 1.807) is 0 Å². The van der Waals surface area contributed by atoms with Crippen molar-refractivity contribution in [3.05, 3.63) is 214 Å². The Morgan fingerprint density at radius 3 is 0.443 bits per heavy atom. The van der Waals surface area contributed by atoms with E-state index in [0.29, 0.717) is 186 Å². The monoisotopic (exact) mass is 2070 g/mol. The summed E-state index contributed by atoms with van der Waals surface area (Å²) >= 11 is 0. The minimum absolute atomic E-state index is 0. The van der Waals surface area contributed by atoms with Crippen LogP contribution in [0.2, 0.25) is 0 Å². The molecule has 5 aliphatic heterocycles. The van der Waals surface area contributed by atoms with Gasteiger partial charge in [0, 0.05) is 110 Å².